The minimum atomic E-state index is -0.169. The average Bonchev–Trinajstić information content (AvgIpc) is 2.49. The smallest absolute Gasteiger partial charge is 0.157 e. The number of phenols is 4. The second-order valence-corrected chi connectivity index (χ2v) is 10.3. The number of aromatic hydroxyl groups is 4. The molecule has 4 N–H and O–H groups in total. The van der Waals surface area contributed by atoms with Crippen LogP contribution in [0.4, 0.5) is 0 Å². The molecule has 28 heavy (non-hydrogen) atoms. The van der Waals surface area contributed by atoms with Gasteiger partial charge in [0.15, 0.2) is 11.5 Å². The molecule has 0 amide bonds. The van der Waals surface area contributed by atoms with Crippen LogP contribution in [-0.4, -0.2) is 20.4 Å². The Kier molecular flexibility index (Phi) is 6.72. The van der Waals surface area contributed by atoms with E-state index in [1.165, 1.54) is 6.07 Å². The van der Waals surface area contributed by atoms with Gasteiger partial charge in [-0.25, -0.2) is 0 Å². The molecule has 0 bridgehead atoms. The van der Waals surface area contributed by atoms with Crippen LogP contribution in [0.15, 0.2) is 30.3 Å². The van der Waals surface area contributed by atoms with E-state index in [-0.39, 0.29) is 39.2 Å². The van der Waals surface area contributed by atoms with Crippen molar-refractivity contribution in [3.63, 3.8) is 0 Å². The molecule has 0 aliphatic rings. The second-order valence-electron chi connectivity index (χ2n) is 10.3. The number of hydrogen-bond acceptors (Lipinski definition) is 4. The molecule has 4 heteroatoms. The maximum atomic E-state index is 10.0. The molecule has 2 aromatic rings. The van der Waals surface area contributed by atoms with Crippen molar-refractivity contribution in [2.24, 2.45) is 0 Å². The highest BCUT2D eigenvalue weighted by Crippen LogP contribution is 2.39. The minimum absolute atomic E-state index is 0.00514. The fraction of sp³-hybridized carbons (Fsp3) is 0.500. The first-order valence-electron chi connectivity index (χ1n) is 9.54. The molecule has 0 fully saturated rings. The highest BCUT2D eigenvalue weighted by molar-refractivity contribution is 5.50. The van der Waals surface area contributed by atoms with Gasteiger partial charge in [-0.1, -0.05) is 68.4 Å². The Morgan fingerprint density at radius 2 is 0.857 bits per heavy atom. The molecule has 4 nitrogen and oxygen atoms in total. The van der Waals surface area contributed by atoms with Gasteiger partial charge in [0, 0.05) is 11.1 Å². The van der Waals surface area contributed by atoms with Crippen molar-refractivity contribution in [1.82, 2.24) is 0 Å². The van der Waals surface area contributed by atoms with Gasteiger partial charge in [0.25, 0.3) is 0 Å². The van der Waals surface area contributed by atoms with Crippen LogP contribution in [0, 0.1) is 0 Å². The number of phenolic OH excluding ortho intramolecular Hbond substituents is 4. The van der Waals surface area contributed by atoms with Crippen LogP contribution in [0.2, 0.25) is 0 Å². The zero-order chi connectivity index (χ0) is 22.1. The highest BCUT2D eigenvalue weighted by Gasteiger charge is 2.24. The third-order valence-electron chi connectivity index (χ3n) is 4.57. The summed E-state index contributed by atoms with van der Waals surface area (Å²) in [6.45, 7) is 18.2. The number of hydrogen-bond donors (Lipinski definition) is 4. The summed E-state index contributed by atoms with van der Waals surface area (Å²) >= 11 is 0. The molecule has 0 aromatic heterocycles. The zero-order valence-corrected chi connectivity index (χ0v) is 18.7. The quantitative estimate of drug-likeness (QED) is 0.325. The van der Waals surface area contributed by atoms with Gasteiger partial charge >= 0.3 is 0 Å². The SMILES string of the molecule is CC(C)(C)c1cc(O)c(C(C)(C)C)cc1O.CC(C)(C)c1ccc(O)c(O)c1. The summed E-state index contributed by atoms with van der Waals surface area (Å²) in [4.78, 5) is 0. The monoisotopic (exact) mass is 388 g/mol. The molecule has 0 unspecified atom stereocenters. The van der Waals surface area contributed by atoms with E-state index in [4.69, 9.17) is 5.11 Å². The normalized spacial score (nSPS) is 12.3. The van der Waals surface area contributed by atoms with Crippen molar-refractivity contribution in [3.05, 3.63) is 47.0 Å². The third-order valence-corrected chi connectivity index (χ3v) is 4.57. The molecule has 2 rings (SSSR count). The van der Waals surface area contributed by atoms with E-state index >= 15 is 0 Å². The fourth-order valence-electron chi connectivity index (χ4n) is 2.77. The van der Waals surface area contributed by atoms with E-state index in [2.05, 4.69) is 20.8 Å². The van der Waals surface area contributed by atoms with Gasteiger partial charge in [-0.3, -0.25) is 0 Å². The molecule has 0 spiro atoms. The van der Waals surface area contributed by atoms with Gasteiger partial charge in [0.1, 0.15) is 11.5 Å². The van der Waals surface area contributed by atoms with Crippen LogP contribution in [0.3, 0.4) is 0 Å². The van der Waals surface area contributed by atoms with Gasteiger partial charge in [0.05, 0.1) is 0 Å². The van der Waals surface area contributed by atoms with Crippen molar-refractivity contribution < 1.29 is 20.4 Å². The summed E-state index contributed by atoms with van der Waals surface area (Å²) in [5, 5.41) is 38.3. The zero-order valence-electron chi connectivity index (χ0n) is 18.7. The molecule has 0 heterocycles. The Bertz CT molecular complexity index is 776. The predicted octanol–water partition coefficient (Wildman–Crippen LogP) is 6.09. The highest BCUT2D eigenvalue weighted by atomic mass is 16.3. The van der Waals surface area contributed by atoms with Crippen LogP contribution in [0.5, 0.6) is 23.0 Å². The molecule has 0 saturated heterocycles. The Morgan fingerprint density at radius 1 is 0.464 bits per heavy atom. The lowest BCUT2D eigenvalue weighted by atomic mass is 9.81. The Hall–Kier alpha value is -2.36. The van der Waals surface area contributed by atoms with Gasteiger partial charge in [-0.15, -0.1) is 0 Å². The van der Waals surface area contributed by atoms with Crippen molar-refractivity contribution in [2.75, 3.05) is 0 Å². The molecule has 0 radical (unpaired) electrons. The van der Waals surface area contributed by atoms with Gasteiger partial charge in [-0.2, -0.15) is 0 Å². The lowest BCUT2D eigenvalue weighted by Gasteiger charge is -2.25. The van der Waals surface area contributed by atoms with Crippen LogP contribution < -0.4 is 0 Å². The molecule has 2 aromatic carbocycles. The predicted molar refractivity (Wildman–Crippen MR) is 116 cm³/mol. The third kappa shape index (κ3) is 6.08. The molecule has 0 saturated carbocycles. The van der Waals surface area contributed by atoms with Gasteiger partial charge in [0.2, 0.25) is 0 Å². The van der Waals surface area contributed by atoms with Gasteiger partial charge < -0.3 is 20.4 Å². The molecular weight excluding hydrogens is 352 g/mol. The lowest BCUT2D eigenvalue weighted by Crippen LogP contribution is -2.15. The van der Waals surface area contributed by atoms with E-state index in [9.17, 15) is 15.3 Å². The number of benzene rings is 2. The largest absolute Gasteiger partial charge is 0.508 e. The molecule has 0 atom stereocenters. The van der Waals surface area contributed by atoms with Crippen LogP contribution >= 0.6 is 0 Å². The summed E-state index contributed by atoms with van der Waals surface area (Å²) in [6.07, 6.45) is 0. The molecule has 0 aliphatic heterocycles. The Balaban J connectivity index is 0.000000292. The summed E-state index contributed by atoms with van der Waals surface area (Å²) in [5.41, 5.74) is 2.23. The van der Waals surface area contributed by atoms with E-state index in [0.29, 0.717) is 0 Å². The minimum Gasteiger partial charge on any atom is -0.508 e. The topological polar surface area (TPSA) is 80.9 Å². The number of rotatable bonds is 0. The second kappa shape index (κ2) is 7.94. The fourth-order valence-corrected chi connectivity index (χ4v) is 2.77. The van der Waals surface area contributed by atoms with Gasteiger partial charge in [-0.05, 0) is 46.1 Å². The van der Waals surface area contributed by atoms with E-state index in [0.717, 1.165) is 16.7 Å². The van der Waals surface area contributed by atoms with E-state index in [1.54, 1.807) is 18.2 Å². The maximum Gasteiger partial charge on any atom is 0.157 e. The average molecular weight is 389 g/mol. The van der Waals surface area contributed by atoms with E-state index < -0.39 is 0 Å². The van der Waals surface area contributed by atoms with Crippen LogP contribution in [-0.2, 0) is 16.2 Å². The maximum absolute atomic E-state index is 10.0. The molecule has 0 aliphatic carbocycles. The van der Waals surface area contributed by atoms with E-state index in [1.807, 2.05) is 47.6 Å². The first-order valence-corrected chi connectivity index (χ1v) is 9.54. The summed E-state index contributed by atoms with van der Waals surface area (Å²) in [7, 11) is 0. The molecule has 156 valence electrons. The van der Waals surface area contributed by atoms with Crippen molar-refractivity contribution >= 4 is 0 Å². The first-order chi connectivity index (χ1) is 12.4. The Labute approximate surface area is 169 Å². The molecular formula is C24H36O4. The Morgan fingerprint density at radius 3 is 1.14 bits per heavy atom. The first kappa shape index (κ1) is 23.7. The van der Waals surface area contributed by atoms with Crippen molar-refractivity contribution in [2.45, 2.75) is 78.6 Å². The summed E-state index contributed by atoms with van der Waals surface area (Å²) < 4.78 is 0. The van der Waals surface area contributed by atoms with Crippen molar-refractivity contribution in [3.8, 4) is 23.0 Å². The lowest BCUT2D eigenvalue weighted by molar-refractivity contribution is 0.401. The van der Waals surface area contributed by atoms with Crippen LogP contribution in [0.1, 0.15) is 79.0 Å². The standard InChI is InChI=1S/C14H22O2.C10H14O2/c1-13(2,3)9-7-12(16)10(8-11(9)15)14(4,5)6;1-10(2,3)7-4-5-8(11)9(12)6-7/h7-8,15-16H,1-6H3;4-6,11-12H,1-3H3. The van der Waals surface area contributed by atoms with Crippen LogP contribution in [0.25, 0.3) is 0 Å². The summed E-state index contributed by atoms with van der Waals surface area (Å²) in [6, 6.07) is 8.27. The summed E-state index contributed by atoms with van der Waals surface area (Å²) in [5.74, 6) is 0.399. The van der Waals surface area contributed by atoms with Crippen molar-refractivity contribution in [1.29, 1.82) is 0 Å².